The summed E-state index contributed by atoms with van der Waals surface area (Å²) in [5.41, 5.74) is 0.861. The smallest absolute Gasteiger partial charge is 0.283 e. The quantitative estimate of drug-likeness (QED) is 0.222. The number of hydrazone groups is 1. The van der Waals surface area contributed by atoms with E-state index < -0.39 is 5.91 Å². The largest absolute Gasteiger partial charge is 0.497 e. The van der Waals surface area contributed by atoms with Gasteiger partial charge >= 0.3 is 0 Å². The van der Waals surface area contributed by atoms with Gasteiger partial charge in [-0.05, 0) is 60.5 Å². The van der Waals surface area contributed by atoms with E-state index in [0.29, 0.717) is 41.2 Å². The molecule has 0 atom stereocenters. The van der Waals surface area contributed by atoms with Crippen LogP contribution in [0.2, 0.25) is 0 Å². The zero-order valence-electron chi connectivity index (χ0n) is 22.6. The number of carbonyl (C=O) groups is 1. The number of ether oxygens (including phenoxy) is 4. The summed E-state index contributed by atoms with van der Waals surface area (Å²) in [4.78, 5) is 17.0. The third-order valence-corrected chi connectivity index (χ3v) is 7.11. The van der Waals surface area contributed by atoms with Crippen molar-refractivity contribution in [2.45, 2.75) is 45.4 Å². The van der Waals surface area contributed by atoms with Gasteiger partial charge in [-0.15, -0.1) is 0 Å². The first-order valence-corrected chi connectivity index (χ1v) is 13.9. The van der Waals surface area contributed by atoms with Crippen LogP contribution in [-0.4, -0.2) is 54.4 Å². The molecule has 206 valence electrons. The topological polar surface area (TPSA) is 106 Å². The zero-order valence-corrected chi connectivity index (χ0v) is 23.4. The van der Waals surface area contributed by atoms with Crippen molar-refractivity contribution in [1.82, 2.24) is 5.01 Å². The summed E-state index contributed by atoms with van der Waals surface area (Å²) in [6.07, 6.45) is 8.31. The fraction of sp³-hybridized carbons (Fsp3) is 0.379. The predicted molar refractivity (Wildman–Crippen MR) is 155 cm³/mol. The second-order valence-electron chi connectivity index (χ2n) is 8.96. The summed E-state index contributed by atoms with van der Waals surface area (Å²) < 4.78 is 22.3. The minimum absolute atomic E-state index is 0.0208. The number of carbonyl (C=O) groups excluding carboxylic acids is 1. The van der Waals surface area contributed by atoms with E-state index in [2.05, 4.69) is 17.0 Å². The van der Waals surface area contributed by atoms with Crippen LogP contribution in [0.25, 0.3) is 6.08 Å². The number of rotatable bonds is 14. The molecule has 0 aromatic heterocycles. The minimum atomic E-state index is -0.452. The molecule has 2 aromatic carbocycles. The first-order chi connectivity index (χ1) is 19.0. The average molecular weight is 551 g/mol. The van der Waals surface area contributed by atoms with Crippen molar-refractivity contribution in [3.05, 3.63) is 53.6 Å². The highest BCUT2D eigenvalue weighted by atomic mass is 32.2. The second-order valence-corrected chi connectivity index (χ2v) is 10.0. The molecule has 0 bridgehead atoms. The Labute approximate surface area is 233 Å². The van der Waals surface area contributed by atoms with Crippen molar-refractivity contribution in [2.75, 3.05) is 27.4 Å². The fourth-order valence-corrected chi connectivity index (χ4v) is 5.00. The predicted octanol–water partition coefficient (Wildman–Crippen LogP) is 6.14. The SMILES string of the molecule is CCCCCCCC1=NN2C(=N)/C(=C/c3ccc(OCCOc4cccc(OC)c4)c(OC)c3)C(=O)N=C2S1. The van der Waals surface area contributed by atoms with E-state index in [9.17, 15) is 4.79 Å². The van der Waals surface area contributed by atoms with E-state index >= 15 is 0 Å². The molecule has 0 unspecified atom stereocenters. The van der Waals surface area contributed by atoms with Gasteiger partial charge in [0.15, 0.2) is 17.3 Å². The molecule has 2 aromatic rings. The van der Waals surface area contributed by atoms with Crippen molar-refractivity contribution >= 4 is 39.8 Å². The van der Waals surface area contributed by atoms with Crippen LogP contribution in [0, 0.1) is 5.41 Å². The molecule has 2 aliphatic rings. The lowest BCUT2D eigenvalue weighted by molar-refractivity contribution is -0.114. The average Bonchev–Trinajstić information content (AvgIpc) is 3.36. The van der Waals surface area contributed by atoms with Gasteiger partial charge in [-0.3, -0.25) is 10.2 Å². The number of hydrogen-bond donors (Lipinski definition) is 1. The third-order valence-electron chi connectivity index (χ3n) is 6.14. The molecule has 1 amide bonds. The normalized spacial score (nSPS) is 15.7. The molecular formula is C29H34N4O5S. The number of nitrogens with one attached hydrogen (secondary N) is 1. The summed E-state index contributed by atoms with van der Waals surface area (Å²) >= 11 is 1.38. The molecule has 4 rings (SSSR count). The summed E-state index contributed by atoms with van der Waals surface area (Å²) in [6, 6.07) is 12.7. The van der Waals surface area contributed by atoms with Gasteiger partial charge in [0.1, 0.15) is 29.8 Å². The Morgan fingerprint density at radius 2 is 1.74 bits per heavy atom. The molecule has 0 aliphatic carbocycles. The first kappa shape index (κ1) is 28.2. The maximum Gasteiger partial charge on any atom is 0.283 e. The van der Waals surface area contributed by atoms with Gasteiger partial charge in [0.2, 0.25) is 5.17 Å². The van der Waals surface area contributed by atoms with Gasteiger partial charge in [0.25, 0.3) is 5.91 Å². The monoisotopic (exact) mass is 550 g/mol. The number of amidine groups is 2. The second kappa shape index (κ2) is 13.8. The molecule has 0 saturated heterocycles. The molecule has 1 N–H and O–H groups in total. The van der Waals surface area contributed by atoms with Crippen molar-refractivity contribution in [3.8, 4) is 23.0 Å². The number of benzene rings is 2. The molecule has 10 heteroatoms. The van der Waals surface area contributed by atoms with Crippen LogP contribution in [0.15, 0.2) is 58.1 Å². The van der Waals surface area contributed by atoms with Crippen molar-refractivity contribution in [3.63, 3.8) is 0 Å². The standard InChI is InChI=1S/C29H34N4O5S/c1-4-5-6-7-8-12-26-32-33-27(30)23(28(34)31-29(33)39-26)17-20-13-14-24(25(18-20)36-3)38-16-15-37-22-11-9-10-21(19-22)35-2/h9-11,13-14,17-19,30H,4-8,12,15-16H2,1-3H3/b23-17-,30-27?. The van der Waals surface area contributed by atoms with Gasteiger partial charge < -0.3 is 18.9 Å². The first-order valence-electron chi connectivity index (χ1n) is 13.1. The van der Waals surface area contributed by atoms with Crippen LogP contribution >= 0.6 is 11.8 Å². The number of hydrogen-bond acceptors (Lipinski definition) is 8. The van der Waals surface area contributed by atoms with Gasteiger partial charge in [0.05, 0.1) is 19.8 Å². The number of aliphatic imine (C=N–C) groups is 1. The Hall–Kier alpha value is -3.79. The van der Waals surface area contributed by atoms with E-state index in [1.165, 1.54) is 36.0 Å². The highest BCUT2D eigenvalue weighted by molar-refractivity contribution is 8.26. The Morgan fingerprint density at radius 3 is 2.54 bits per heavy atom. The maximum atomic E-state index is 12.8. The lowest BCUT2D eigenvalue weighted by atomic mass is 10.1. The van der Waals surface area contributed by atoms with Crippen LogP contribution in [0.5, 0.6) is 23.0 Å². The highest BCUT2D eigenvalue weighted by Crippen LogP contribution is 2.32. The summed E-state index contributed by atoms with van der Waals surface area (Å²) in [5.74, 6) is 2.03. The van der Waals surface area contributed by atoms with Crippen molar-refractivity contribution < 1.29 is 23.7 Å². The van der Waals surface area contributed by atoms with E-state index in [1.807, 2.05) is 24.3 Å². The molecule has 0 radical (unpaired) electrons. The Bertz CT molecular complexity index is 1290. The Morgan fingerprint density at radius 1 is 0.949 bits per heavy atom. The van der Waals surface area contributed by atoms with E-state index in [4.69, 9.17) is 24.4 Å². The van der Waals surface area contributed by atoms with Crippen LogP contribution in [-0.2, 0) is 4.79 Å². The van der Waals surface area contributed by atoms with E-state index in [0.717, 1.165) is 30.1 Å². The van der Waals surface area contributed by atoms with Crippen molar-refractivity contribution in [1.29, 1.82) is 5.41 Å². The zero-order chi connectivity index (χ0) is 27.6. The van der Waals surface area contributed by atoms with Crippen LogP contribution < -0.4 is 18.9 Å². The van der Waals surface area contributed by atoms with Crippen LogP contribution in [0.4, 0.5) is 0 Å². The number of amides is 1. The number of unbranched alkanes of at least 4 members (excludes halogenated alkanes) is 4. The van der Waals surface area contributed by atoms with Gasteiger partial charge in [0, 0.05) is 6.07 Å². The number of thioether (sulfide) groups is 1. The third kappa shape index (κ3) is 7.41. The minimum Gasteiger partial charge on any atom is -0.497 e. The molecule has 0 saturated carbocycles. The maximum absolute atomic E-state index is 12.8. The molecular weight excluding hydrogens is 516 g/mol. The highest BCUT2D eigenvalue weighted by Gasteiger charge is 2.35. The van der Waals surface area contributed by atoms with Crippen molar-refractivity contribution in [2.24, 2.45) is 10.1 Å². The van der Waals surface area contributed by atoms with Crippen LogP contribution in [0.3, 0.4) is 0 Å². The van der Waals surface area contributed by atoms with Gasteiger partial charge in [-0.2, -0.15) is 15.1 Å². The molecule has 0 spiro atoms. The van der Waals surface area contributed by atoms with E-state index in [1.54, 1.807) is 38.5 Å². The summed E-state index contributed by atoms with van der Waals surface area (Å²) in [6.45, 7) is 2.84. The molecule has 2 aliphatic heterocycles. The van der Waals surface area contributed by atoms with Crippen LogP contribution in [0.1, 0.15) is 51.0 Å². The van der Waals surface area contributed by atoms with Gasteiger partial charge in [-0.25, -0.2) is 0 Å². The number of methoxy groups -OCH3 is 2. The molecule has 2 heterocycles. The summed E-state index contributed by atoms with van der Waals surface area (Å²) in [5, 5.41) is 16.0. The molecule has 0 fully saturated rings. The lowest BCUT2D eigenvalue weighted by Crippen LogP contribution is -2.35. The number of fused-ring (bicyclic) bond motifs is 1. The molecule has 9 nitrogen and oxygen atoms in total. The lowest BCUT2D eigenvalue weighted by Gasteiger charge is -2.20. The number of nitrogens with zero attached hydrogens (tertiary/aromatic N) is 3. The fourth-order valence-electron chi connectivity index (χ4n) is 4.07. The van der Waals surface area contributed by atoms with Gasteiger partial charge in [-0.1, -0.05) is 44.7 Å². The summed E-state index contributed by atoms with van der Waals surface area (Å²) in [7, 11) is 3.16. The Kier molecular flexibility index (Phi) is 10.0. The Balaban J connectivity index is 1.37. The van der Waals surface area contributed by atoms with E-state index in [-0.39, 0.29) is 11.4 Å². The molecule has 39 heavy (non-hydrogen) atoms.